The van der Waals surface area contributed by atoms with Gasteiger partial charge in [0.15, 0.2) is 0 Å². The molecule has 122 valence electrons. The van der Waals surface area contributed by atoms with E-state index < -0.39 is 0 Å². The molecule has 0 radical (unpaired) electrons. The summed E-state index contributed by atoms with van der Waals surface area (Å²) in [4.78, 5) is 33.1. The van der Waals surface area contributed by atoms with Crippen molar-refractivity contribution in [2.75, 3.05) is 0 Å². The van der Waals surface area contributed by atoms with Crippen molar-refractivity contribution in [2.24, 2.45) is 0 Å². The Morgan fingerprint density at radius 3 is 2.96 bits per heavy atom. The van der Waals surface area contributed by atoms with Gasteiger partial charge in [0.1, 0.15) is 10.7 Å². The number of hydrogen-bond acceptors (Lipinski definition) is 4. The fourth-order valence-electron chi connectivity index (χ4n) is 3.40. The second-order valence-electron chi connectivity index (χ2n) is 6.15. The number of aryl methyl sites for hydroxylation is 3. The van der Waals surface area contributed by atoms with Gasteiger partial charge < -0.3 is 10.3 Å². The van der Waals surface area contributed by atoms with E-state index in [1.807, 2.05) is 19.1 Å². The highest BCUT2D eigenvalue weighted by Gasteiger charge is 2.26. The van der Waals surface area contributed by atoms with E-state index in [4.69, 9.17) is 0 Å². The first-order valence-corrected chi connectivity index (χ1v) is 8.75. The molecule has 0 saturated heterocycles. The first-order valence-electron chi connectivity index (χ1n) is 7.93. The summed E-state index contributed by atoms with van der Waals surface area (Å²) in [5.41, 5.74) is 3.00. The molecular weight excluding hydrogens is 322 g/mol. The monoisotopic (exact) mass is 339 g/mol. The average molecular weight is 339 g/mol. The van der Waals surface area contributed by atoms with Crippen molar-refractivity contribution in [3.8, 4) is 0 Å². The Hall–Kier alpha value is -2.47. The first-order chi connectivity index (χ1) is 11.5. The number of H-pyrrole nitrogens is 1. The summed E-state index contributed by atoms with van der Waals surface area (Å²) in [6.07, 6.45) is 1.89. The molecule has 0 spiro atoms. The van der Waals surface area contributed by atoms with Gasteiger partial charge in [-0.05, 0) is 43.4 Å². The lowest BCUT2D eigenvalue weighted by atomic mass is 10.1. The lowest BCUT2D eigenvalue weighted by Crippen LogP contribution is -2.27. The smallest absolute Gasteiger partial charge is 0.262 e. The van der Waals surface area contributed by atoms with Crippen LogP contribution in [-0.4, -0.2) is 15.9 Å². The Morgan fingerprint density at radius 2 is 2.12 bits per heavy atom. The standard InChI is InChI=1S/C18H17N3O2S/c1-9-14-16(22)19-10(2)20-18(14)24-15(9)17(23)21-13-8-7-11-5-3-4-6-12(11)13/h3-6,13H,7-8H2,1-2H3,(H,21,23)(H,19,20,22)/t13-/m1/s1. The van der Waals surface area contributed by atoms with E-state index in [9.17, 15) is 9.59 Å². The molecule has 1 aromatic carbocycles. The molecule has 1 atom stereocenters. The number of rotatable bonds is 2. The Morgan fingerprint density at radius 1 is 1.33 bits per heavy atom. The Balaban J connectivity index is 1.69. The van der Waals surface area contributed by atoms with Crippen LogP contribution in [-0.2, 0) is 6.42 Å². The number of amides is 1. The van der Waals surface area contributed by atoms with Crippen molar-refractivity contribution in [2.45, 2.75) is 32.7 Å². The van der Waals surface area contributed by atoms with Crippen molar-refractivity contribution in [1.82, 2.24) is 15.3 Å². The summed E-state index contributed by atoms with van der Waals surface area (Å²) in [7, 11) is 0. The lowest BCUT2D eigenvalue weighted by molar-refractivity contribution is 0.0940. The molecular formula is C18H17N3O2S. The van der Waals surface area contributed by atoms with Gasteiger partial charge in [0.05, 0.1) is 16.3 Å². The van der Waals surface area contributed by atoms with Crippen LogP contribution in [0.2, 0.25) is 0 Å². The number of benzene rings is 1. The van der Waals surface area contributed by atoms with Crippen molar-refractivity contribution < 1.29 is 4.79 Å². The maximum absolute atomic E-state index is 12.8. The lowest BCUT2D eigenvalue weighted by Gasteiger charge is -2.13. The Kier molecular flexibility index (Phi) is 3.49. The number of carbonyl (C=O) groups is 1. The maximum atomic E-state index is 12.8. The highest BCUT2D eigenvalue weighted by Crippen LogP contribution is 2.32. The summed E-state index contributed by atoms with van der Waals surface area (Å²) in [6.45, 7) is 3.55. The number of thiophene rings is 1. The number of hydrogen-bond donors (Lipinski definition) is 2. The van der Waals surface area contributed by atoms with E-state index in [2.05, 4.69) is 27.4 Å². The molecule has 6 heteroatoms. The van der Waals surface area contributed by atoms with E-state index >= 15 is 0 Å². The van der Waals surface area contributed by atoms with E-state index in [0.717, 1.165) is 12.8 Å². The highest BCUT2D eigenvalue weighted by molar-refractivity contribution is 7.20. The molecule has 3 aromatic rings. The summed E-state index contributed by atoms with van der Waals surface area (Å²) in [5.74, 6) is 0.430. The number of carbonyl (C=O) groups excluding carboxylic acids is 1. The van der Waals surface area contributed by atoms with Crippen molar-refractivity contribution >= 4 is 27.5 Å². The van der Waals surface area contributed by atoms with Crippen LogP contribution in [0.1, 0.15) is 44.6 Å². The summed E-state index contributed by atoms with van der Waals surface area (Å²) in [6, 6.07) is 8.24. The maximum Gasteiger partial charge on any atom is 0.262 e. The zero-order chi connectivity index (χ0) is 16.8. The minimum Gasteiger partial charge on any atom is -0.345 e. The second kappa shape index (κ2) is 5.56. The summed E-state index contributed by atoms with van der Waals surface area (Å²) < 4.78 is 0. The van der Waals surface area contributed by atoms with Crippen LogP contribution in [0, 0.1) is 13.8 Å². The molecule has 2 heterocycles. The zero-order valence-corrected chi connectivity index (χ0v) is 14.3. The molecule has 2 N–H and O–H groups in total. The van der Waals surface area contributed by atoms with Gasteiger partial charge in [0, 0.05) is 0 Å². The molecule has 24 heavy (non-hydrogen) atoms. The van der Waals surface area contributed by atoms with Crippen molar-refractivity contribution in [3.05, 3.63) is 62.0 Å². The SMILES string of the molecule is Cc1nc2sc(C(=O)N[C@@H]3CCc4ccccc43)c(C)c2c(=O)[nH]1. The van der Waals surface area contributed by atoms with Crippen LogP contribution in [0.25, 0.3) is 10.2 Å². The number of aromatic nitrogens is 2. The quantitative estimate of drug-likeness (QED) is 0.753. The number of fused-ring (bicyclic) bond motifs is 2. The van der Waals surface area contributed by atoms with Crippen LogP contribution >= 0.6 is 11.3 Å². The van der Waals surface area contributed by atoms with Gasteiger partial charge in [-0.1, -0.05) is 24.3 Å². The van der Waals surface area contributed by atoms with Crippen LogP contribution < -0.4 is 10.9 Å². The second-order valence-corrected chi connectivity index (χ2v) is 7.15. The predicted molar refractivity (Wildman–Crippen MR) is 94.7 cm³/mol. The number of nitrogens with zero attached hydrogens (tertiary/aromatic N) is 1. The van der Waals surface area contributed by atoms with Gasteiger partial charge in [-0.25, -0.2) is 4.98 Å². The average Bonchev–Trinajstić information content (AvgIpc) is 3.09. The summed E-state index contributed by atoms with van der Waals surface area (Å²) in [5, 5.41) is 3.63. The van der Waals surface area contributed by atoms with Crippen LogP contribution in [0.5, 0.6) is 0 Å². The van der Waals surface area contributed by atoms with Gasteiger partial charge in [-0.15, -0.1) is 11.3 Å². The van der Waals surface area contributed by atoms with Gasteiger partial charge >= 0.3 is 0 Å². The largest absolute Gasteiger partial charge is 0.345 e. The molecule has 0 fully saturated rings. The number of aromatic amines is 1. The molecule has 1 amide bonds. The van der Waals surface area contributed by atoms with Crippen LogP contribution in [0.15, 0.2) is 29.1 Å². The topological polar surface area (TPSA) is 74.8 Å². The molecule has 0 bridgehead atoms. The van der Waals surface area contributed by atoms with Gasteiger partial charge in [0.2, 0.25) is 0 Å². The van der Waals surface area contributed by atoms with E-state index in [1.165, 1.54) is 22.5 Å². The van der Waals surface area contributed by atoms with E-state index in [-0.39, 0.29) is 17.5 Å². The van der Waals surface area contributed by atoms with E-state index in [1.54, 1.807) is 6.92 Å². The third kappa shape index (κ3) is 2.34. The third-order valence-electron chi connectivity index (χ3n) is 4.56. The molecule has 2 aromatic heterocycles. The number of nitrogens with one attached hydrogen (secondary N) is 2. The van der Waals surface area contributed by atoms with Gasteiger partial charge in [-0.3, -0.25) is 9.59 Å². The molecule has 1 aliphatic rings. The minimum atomic E-state index is -0.184. The van der Waals surface area contributed by atoms with Crippen molar-refractivity contribution in [1.29, 1.82) is 0 Å². The molecule has 0 unspecified atom stereocenters. The molecule has 0 saturated carbocycles. The highest BCUT2D eigenvalue weighted by atomic mass is 32.1. The predicted octanol–water partition coefficient (Wildman–Crippen LogP) is 3.02. The molecule has 5 nitrogen and oxygen atoms in total. The fraction of sp³-hybridized carbons (Fsp3) is 0.278. The Labute approximate surface area is 142 Å². The zero-order valence-electron chi connectivity index (χ0n) is 13.5. The van der Waals surface area contributed by atoms with Crippen molar-refractivity contribution in [3.63, 3.8) is 0 Å². The third-order valence-corrected chi connectivity index (χ3v) is 5.75. The van der Waals surface area contributed by atoms with E-state index in [0.29, 0.717) is 26.5 Å². The fourth-order valence-corrected chi connectivity index (χ4v) is 4.53. The first kappa shape index (κ1) is 15.1. The van der Waals surface area contributed by atoms with Gasteiger partial charge in [0.25, 0.3) is 11.5 Å². The summed E-state index contributed by atoms with van der Waals surface area (Å²) >= 11 is 1.28. The normalized spacial score (nSPS) is 16.3. The van der Waals surface area contributed by atoms with Crippen LogP contribution in [0.3, 0.4) is 0 Å². The minimum absolute atomic E-state index is 0.0336. The molecule has 0 aliphatic heterocycles. The Bertz CT molecular complexity index is 1020. The van der Waals surface area contributed by atoms with Gasteiger partial charge in [-0.2, -0.15) is 0 Å². The van der Waals surface area contributed by atoms with Crippen LogP contribution in [0.4, 0.5) is 0 Å². The molecule has 4 rings (SSSR count). The molecule has 1 aliphatic carbocycles.